The SMILES string of the molecule is CC(=O)[C@]1(O)C=C[C@H]2[C@H]3CC4=CCC(O)(C(=O)c5ccc(Cl)cc5)C5=C4[C@@]2(CCN3C)[C@H]1O5. The van der Waals surface area contributed by atoms with Crippen LogP contribution in [0, 0.1) is 11.3 Å². The molecule has 0 radical (unpaired) electrons. The predicted octanol–water partition coefficient (Wildman–Crippen LogP) is 2.84. The topological polar surface area (TPSA) is 87.1 Å². The maximum atomic E-state index is 13.6. The number of nitrogens with zero attached hydrogens (tertiary/aromatic N) is 1. The third-order valence-corrected chi connectivity index (χ3v) is 8.87. The van der Waals surface area contributed by atoms with Gasteiger partial charge >= 0.3 is 0 Å². The van der Waals surface area contributed by atoms with Gasteiger partial charge in [0.25, 0.3) is 0 Å². The van der Waals surface area contributed by atoms with Crippen LogP contribution in [-0.2, 0) is 9.53 Å². The molecule has 33 heavy (non-hydrogen) atoms. The molecule has 2 heterocycles. The van der Waals surface area contributed by atoms with E-state index in [4.69, 9.17) is 16.3 Å². The molecule has 3 aliphatic carbocycles. The standard InChI is InChI=1S/C26H26ClNO5/c1-14(29)25(31)10-8-18-19-13-16-7-9-26(32,21(30)15-3-5-17(27)6-4-15)22-20(16)24(18,23(25)33-22)11-12-28(19)2/h3-8,10,18-19,23,31-32H,9,11-13H2,1-2H3/t18-,19+,23+,24-,25+,26?/m0/s1. The number of hydrogen-bond acceptors (Lipinski definition) is 6. The molecule has 2 aliphatic heterocycles. The van der Waals surface area contributed by atoms with E-state index in [2.05, 4.69) is 11.9 Å². The summed E-state index contributed by atoms with van der Waals surface area (Å²) >= 11 is 5.99. The Kier molecular flexibility index (Phi) is 4.30. The first kappa shape index (κ1) is 21.3. The van der Waals surface area contributed by atoms with Crippen molar-refractivity contribution < 1.29 is 24.5 Å². The van der Waals surface area contributed by atoms with E-state index >= 15 is 0 Å². The fourth-order valence-corrected chi connectivity index (χ4v) is 7.03. The summed E-state index contributed by atoms with van der Waals surface area (Å²) in [4.78, 5) is 28.6. The largest absolute Gasteiger partial charge is 0.486 e. The highest BCUT2D eigenvalue weighted by Gasteiger charge is 2.71. The average Bonchev–Trinajstić information content (AvgIpc) is 3.16. The monoisotopic (exact) mass is 467 g/mol. The minimum Gasteiger partial charge on any atom is -0.486 e. The number of hydrogen-bond donors (Lipinski definition) is 2. The van der Waals surface area contributed by atoms with E-state index in [1.165, 1.54) is 6.92 Å². The lowest BCUT2D eigenvalue weighted by atomic mass is 9.49. The summed E-state index contributed by atoms with van der Waals surface area (Å²) < 4.78 is 6.42. The molecule has 1 saturated carbocycles. The van der Waals surface area contributed by atoms with Crippen molar-refractivity contribution in [2.45, 2.75) is 49.5 Å². The molecule has 2 fully saturated rings. The Labute approximate surface area is 197 Å². The number of carbonyl (C=O) groups excluding carboxylic acids is 2. The first-order valence-corrected chi connectivity index (χ1v) is 11.8. The van der Waals surface area contributed by atoms with E-state index in [0.717, 1.165) is 24.1 Å². The van der Waals surface area contributed by atoms with Crippen LogP contribution in [0.2, 0.25) is 5.02 Å². The van der Waals surface area contributed by atoms with Crippen LogP contribution in [0.1, 0.15) is 36.5 Å². The number of ketones is 2. The average molecular weight is 468 g/mol. The van der Waals surface area contributed by atoms with Gasteiger partial charge in [-0.25, -0.2) is 0 Å². The molecular formula is C26H26ClNO5. The summed E-state index contributed by atoms with van der Waals surface area (Å²) in [5, 5.41) is 23.9. The van der Waals surface area contributed by atoms with Crippen LogP contribution in [0.15, 0.2) is 59.4 Å². The molecule has 6 rings (SSSR count). The first-order valence-electron chi connectivity index (χ1n) is 11.4. The first-order chi connectivity index (χ1) is 15.6. The van der Waals surface area contributed by atoms with Crippen LogP contribution < -0.4 is 0 Å². The molecule has 0 amide bonds. The van der Waals surface area contributed by atoms with Crippen LogP contribution >= 0.6 is 11.6 Å². The van der Waals surface area contributed by atoms with Gasteiger partial charge in [-0.1, -0.05) is 23.8 Å². The van der Waals surface area contributed by atoms with E-state index < -0.39 is 34.3 Å². The van der Waals surface area contributed by atoms with Crippen molar-refractivity contribution in [3.05, 3.63) is 70.0 Å². The maximum Gasteiger partial charge on any atom is 0.202 e. The molecule has 5 aliphatic rings. The van der Waals surface area contributed by atoms with Gasteiger partial charge in [-0.05, 0) is 69.3 Å². The van der Waals surface area contributed by atoms with Gasteiger partial charge in [0.15, 0.2) is 17.0 Å². The van der Waals surface area contributed by atoms with E-state index in [0.29, 0.717) is 17.0 Å². The second kappa shape index (κ2) is 6.66. The summed E-state index contributed by atoms with van der Waals surface area (Å²) in [5.41, 5.74) is -2.19. The molecule has 2 N–H and O–H groups in total. The number of Topliss-reactive ketones (excluding diaryl/α,β-unsaturated/α-hetero) is 2. The van der Waals surface area contributed by atoms with Crippen molar-refractivity contribution >= 4 is 23.2 Å². The van der Waals surface area contributed by atoms with E-state index in [1.807, 2.05) is 12.2 Å². The smallest absolute Gasteiger partial charge is 0.202 e. The van der Waals surface area contributed by atoms with Gasteiger partial charge in [0.05, 0.1) is 0 Å². The van der Waals surface area contributed by atoms with Gasteiger partial charge in [0, 0.05) is 40.0 Å². The van der Waals surface area contributed by atoms with Crippen molar-refractivity contribution in [1.82, 2.24) is 4.90 Å². The van der Waals surface area contributed by atoms with Crippen molar-refractivity contribution in [2.24, 2.45) is 11.3 Å². The van der Waals surface area contributed by atoms with E-state index in [9.17, 15) is 19.8 Å². The number of carbonyl (C=O) groups is 2. The highest BCUT2D eigenvalue weighted by Crippen LogP contribution is 2.67. The Bertz CT molecular complexity index is 1190. The van der Waals surface area contributed by atoms with Crippen LogP contribution in [-0.4, -0.2) is 63.6 Å². The van der Waals surface area contributed by atoms with Crippen LogP contribution in [0.3, 0.4) is 0 Å². The van der Waals surface area contributed by atoms with Crippen molar-refractivity contribution in [3.8, 4) is 0 Å². The van der Waals surface area contributed by atoms with Gasteiger partial charge in [-0.3, -0.25) is 9.59 Å². The van der Waals surface area contributed by atoms with Gasteiger partial charge < -0.3 is 19.8 Å². The highest BCUT2D eigenvalue weighted by atomic mass is 35.5. The molecule has 0 aromatic heterocycles. The lowest BCUT2D eigenvalue weighted by Crippen LogP contribution is -2.67. The molecule has 6 nitrogen and oxygen atoms in total. The fourth-order valence-electron chi connectivity index (χ4n) is 6.90. The number of benzene rings is 1. The number of ether oxygens (including phenoxy) is 1. The Morgan fingerprint density at radius 3 is 2.64 bits per heavy atom. The molecule has 172 valence electrons. The number of aliphatic hydroxyl groups is 2. The Hall–Kier alpha value is -2.25. The summed E-state index contributed by atoms with van der Waals surface area (Å²) in [5.74, 6) is -0.659. The van der Waals surface area contributed by atoms with Gasteiger partial charge in [-0.15, -0.1) is 0 Å². The predicted molar refractivity (Wildman–Crippen MR) is 122 cm³/mol. The van der Waals surface area contributed by atoms with Gasteiger partial charge in [0.1, 0.15) is 11.9 Å². The summed E-state index contributed by atoms with van der Waals surface area (Å²) in [6.45, 7) is 2.13. The zero-order valence-electron chi connectivity index (χ0n) is 18.5. The van der Waals surface area contributed by atoms with Crippen LogP contribution in [0.25, 0.3) is 0 Å². The zero-order valence-corrected chi connectivity index (χ0v) is 19.3. The minimum atomic E-state index is -1.91. The van der Waals surface area contributed by atoms with Crippen molar-refractivity contribution in [3.63, 3.8) is 0 Å². The number of rotatable bonds is 3. The lowest BCUT2D eigenvalue weighted by molar-refractivity contribution is -0.164. The third-order valence-electron chi connectivity index (χ3n) is 8.62. The van der Waals surface area contributed by atoms with Crippen molar-refractivity contribution in [2.75, 3.05) is 13.6 Å². The van der Waals surface area contributed by atoms with Crippen LogP contribution in [0.5, 0.6) is 0 Å². The molecule has 1 aromatic rings. The maximum absolute atomic E-state index is 13.6. The second-order valence-corrected chi connectivity index (χ2v) is 10.6. The second-order valence-electron chi connectivity index (χ2n) is 10.1. The normalized spacial score (nSPS) is 40.8. The lowest BCUT2D eigenvalue weighted by Gasteiger charge is -2.59. The van der Waals surface area contributed by atoms with E-state index in [1.54, 1.807) is 30.3 Å². The van der Waals surface area contributed by atoms with Crippen LogP contribution in [0.4, 0.5) is 0 Å². The molecule has 6 atom stereocenters. The molecule has 1 unspecified atom stereocenters. The number of likely N-dealkylation sites (tertiary alicyclic amines) is 1. The molecule has 1 aromatic carbocycles. The van der Waals surface area contributed by atoms with Gasteiger partial charge in [-0.2, -0.15) is 0 Å². The molecule has 2 bridgehead atoms. The minimum absolute atomic E-state index is 0.0125. The molecule has 7 heteroatoms. The molecule has 1 saturated heterocycles. The summed E-state index contributed by atoms with van der Waals surface area (Å²) in [6.07, 6.45) is 6.12. The zero-order chi connectivity index (χ0) is 23.3. The summed E-state index contributed by atoms with van der Waals surface area (Å²) in [7, 11) is 2.10. The molecular weight excluding hydrogens is 442 g/mol. The summed E-state index contributed by atoms with van der Waals surface area (Å²) in [6, 6.07) is 6.62. The fraction of sp³-hybridized carbons (Fsp3) is 0.462. The van der Waals surface area contributed by atoms with Gasteiger partial charge in [0.2, 0.25) is 5.78 Å². The van der Waals surface area contributed by atoms with E-state index in [-0.39, 0.29) is 24.1 Å². The highest BCUT2D eigenvalue weighted by molar-refractivity contribution is 6.30. The Morgan fingerprint density at radius 2 is 1.94 bits per heavy atom. The Morgan fingerprint density at radius 1 is 1.21 bits per heavy atom. The number of piperidine rings is 1. The molecule has 1 spiro atoms. The quantitative estimate of drug-likeness (QED) is 0.525. The number of halogens is 1. The van der Waals surface area contributed by atoms with Crippen molar-refractivity contribution in [1.29, 1.82) is 0 Å². The third kappa shape index (κ3) is 2.50. The Balaban J connectivity index is 1.55.